The van der Waals surface area contributed by atoms with E-state index in [0.29, 0.717) is 13.2 Å². The Labute approximate surface area is 95.7 Å². The van der Waals surface area contributed by atoms with Crippen molar-refractivity contribution in [2.24, 2.45) is 0 Å². The highest BCUT2D eigenvalue weighted by atomic mass is 16.6. The van der Waals surface area contributed by atoms with Gasteiger partial charge in [-0.1, -0.05) is 42.5 Å². The van der Waals surface area contributed by atoms with Gasteiger partial charge in [-0.25, -0.2) is 4.79 Å². The average molecular weight is 220 g/mol. The first-order chi connectivity index (χ1) is 7.72. The lowest BCUT2D eigenvalue weighted by Gasteiger charge is -1.94. The molecule has 0 radical (unpaired) electrons. The number of carbonyl (C=O) groups excluding carboxylic acids is 1. The zero-order chi connectivity index (χ0) is 11.8. The van der Waals surface area contributed by atoms with E-state index in [1.54, 1.807) is 0 Å². The van der Waals surface area contributed by atoms with Crippen molar-refractivity contribution in [1.29, 1.82) is 0 Å². The van der Waals surface area contributed by atoms with Gasteiger partial charge in [0.15, 0.2) is 0 Å². The summed E-state index contributed by atoms with van der Waals surface area (Å²) >= 11 is 0. The molecule has 2 rings (SSSR count). The zero-order valence-corrected chi connectivity index (χ0v) is 9.39. The number of rotatable bonds is 3. The Bertz CT molecular complexity index is 328. The minimum Gasteiger partial charge on any atom is -0.460 e. The number of carbonyl (C=O) groups is 1. The molecule has 1 fully saturated rings. The molecule has 3 heteroatoms. The van der Waals surface area contributed by atoms with Crippen molar-refractivity contribution >= 4 is 5.97 Å². The molecule has 3 nitrogen and oxygen atoms in total. The summed E-state index contributed by atoms with van der Waals surface area (Å²) in [6, 6.07) is 10.3. The SMILES string of the molecule is C=CC(=O)OCC1CO1.Cc1ccccc1. The number of epoxide rings is 1. The Morgan fingerprint density at radius 3 is 2.56 bits per heavy atom. The maximum atomic E-state index is 10.3. The van der Waals surface area contributed by atoms with E-state index in [4.69, 9.17) is 4.74 Å². The standard InChI is InChI=1S/C7H8.C6H8O3/c1-7-5-3-2-4-6-7;1-2-6(7)9-4-5-3-8-5/h2-6H,1H3;2,5H,1,3-4H2. The first-order valence-electron chi connectivity index (χ1n) is 5.15. The maximum absolute atomic E-state index is 10.3. The molecular formula is C13H16O3. The average Bonchev–Trinajstić information content (AvgIpc) is 3.11. The summed E-state index contributed by atoms with van der Waals surface area (Å²) in [4.78, 5) is 10.3. The minimum atomic E-state index is -0.384. The second-order valence-electron chi connectivity index (χ2n) is 3.44. The van der Waals surface area contributed by atoms with Gasteiger partial charge < -0.3 is 9.47 Å². The molecule has 0 spiro atoms. The van der Waals surface area contributed by atoms with Crippen molar-refractivity contribution in [2.45, 2.75) is 13.0 Å². The van der Waals surface area contributed by atoms with Crippen LogP contribution < -0.4 is 0 Å². The maximum Gasteiger partial charge on any atom is 0.330 e. The van der Waals surface area contributed by atoms with Crippen molar-refractivity contribution in [3.63, 3.8) is 0 Å². The van der Waals surface area contributed by atoms with Crippen LogP contribution in [0.25, 0.3) is 0 Å². The lowest BCUT2D eigenvalue weighted by Crippen LogP contribution is -2.06. The molecule has 0 saturated carbocycles. The van der Waals surface area contributed by atoms with E-state index in [0.717, 1.165) is 6.08 Å². The fourth-order valence-electron chi connectivity index (χ4n) is 0.933. The van der Waals surface area contributed by atoms with Gasteiger partial charge in [-0.3, -0.25) is 0 Å². The Balaban J connectivity index is 0.000000165. The van der Waals surface area contributed by atoms with E-state index in [9.17, 15) is 4.79 Å². The van der Waals surface area contributed by atoms with Gasteiger partial charge in [0.1, 0.15) is 12.7 Å². The number of ether oxygens (including phenoxy) is 2. The third-order valence-corrected chi connectivity index (χ3v) is 1.92. The van der Waals surface area contributed by atoms with Crippen LogP contribution in [0.2, 0.25) is 0 Å². The fourth-order valence-corrected chi connectivity index (χ4v) is 0.933. The van der Waals surface area contributed by atoms with Crippen molar-refractivity contribution in [3.8, 4) is 0 Å². The molecule has 1 atom stereocenters. The molecule has 0 bridgehead atoms. The van der Waals surface area contributed by atoms with E-state index < -0.39 is 0 Å². The predicted molar refractivity (Wildman–Crippen MR) is 62.1 cm³/mol. The highest BCUT2D eigenvalue weighted by Crippen LogP contribution is 2.08. The van der Waals surface area contributed by atoms with Crippen molar-refractivity contribution in [3.05, 3.63) is 48.6 Å². The van der Waals surface area contributed by atoms with Crippen molar-refractivity contribution < 1.29 is 14.3 Å². The van der Waals surface area contributed by atoms with Crippen LogP contribution >= 0.6 is 0 Å². The molecule has 0 N–H and O–H groups in total. The molecular weight excluding hydrogens is 204 g/mol. The summed E-state index contributed by atoms with van der Waals surface area (Å²) in [6.45, 7) is 6.41. The number of hydrogen-bond donors (Lipinski definition) is 0. The second-order valence-corrected chi connectivity index (χ2v) is 3.44. The smallest absolute Gasteiger partial charge is 0.330 e. The molecule has 1 heterocycles. The predicted octanol–water partition coefficient (Wildman–Crippen LogP) is 2.11. The number of benzene rings is 1. The second kappa shape index (κ2) is 6.80. The first kappa shape index (κ1) is 12.5. The Morgan fingerprint density at radius 2 is 2.19 bits per heavy atom. The van der Waals surface area contributed by atoms with E-state index in [-0.39, 0.29) is 12.1 Å². The van der Waals surface area contributed by atoms with E-state index in [1.165, 1.54) is 5.56 Å². The van der Waals surface area contributed by atoms with Gasteiger partial charge >= 0.3 is 5.97 Å². The van der Waals surface area contributed by atoms with Gasteiger partial charge in [-0.05, 0) is 6.92 Å². The zero-order valence-electron chi connectivity index (χ0n) is 9.39. The minimum absolute atomic E-state index is 0.147. The summed E-state index contributed by atoms with van der Waals surface area (Å²) in [5, 5.41) is 0. The normalized spacial score (nSPS) is 16.7. The molecule has 1 aromatic rings. The van der Waals surface area contributed by atoms with Crippen LogP contribution in [0.15, 0.2) is 43.0 Å². The van der Waals surface area contributed by atoms with Gasteiger partial charge in [0.25, 0.3) is 0 Å². The third kappa shape index (κ3) is 5.98. The topological polar surface area (TPSA) is 38.8 Å². The monoisotopic (exact) mass is 220 g/mol. The largest absolute Gasteiger partial charge is 0.460 e. The fraction of sp³-hybridized carbons (Fsp3) is 0.308. The lowest BCUT2D eigenvalue weighted by atomic mass is 10.2. The highest BCUT2D eigenvalue weighted by molar-refractivity contribution is 5.81. The molecule has 86 valence electrons. The summed E-state index contributed by atoms with van der Waals surface area (Å²) < 4.78 is 9.42. The van der Waals surface area contributed by atoms with Crippen LogP contribution in [-0.4, -0.2) is 25.3 Å². The number of hydrogen-bond acceptors (Lipinski definition) is 3. The van der Waals surface area contributed by atoms with Gasteiger partial charge in [0, 0.05) is 6.08 Å². The summed E-state index contributed by atoms with van der Waals surface area (Å²) in [5.74, 6) is -0.384. The molecule has 1 saturated heterocycles. The van der Waals surface area contributed by atoms with E-state index >= 15 is 0 Å². The van der Waals surface area contributed by atoms with Crippen LogP contribution in [0.1, 0.15) is 5.56 Å². The molecule has 0 aromatic heterocycles. The van der Waals surface area contributed by atoms with Gasteiger partial charge in [0.2, 0.25) is 0 Å². The highest BCUT2D eigenvalue weighted by Gasteiger charge is 2.23. The summed E-state index contributed by atoms with van der Waals surface area (Å²) in [5.41, 5.74) is 1.32. The van der Waals surface area contributed by atoms with Gasteiger partial charge in [-0.15, -0.1) is 0 Å². The number of aryl methyl sites for hydroxylation is 1. The molecule has 16 heavy (non-hydrogen) atoms. The van der Waals surface area contributed by atoms with E-state index in [1.807, 2.05) is 18.2 Å². The van der Waals surface area contributed by atoms with Crippen LogP contribution in [0, 0.1) is 6.92 Å². The van der Waals surface area contributed by atoms with Crippen molar-refractivity contribution in [2.75, 3.05) is 13.2 Å². The molecule has 1 unspecified atom stereocenters. The Hall–Kier alpha value is -1.61. The molecule has 1 aromatic carbocycles. The summed E-state index contributed by atoms with van der Waals surface area (Å²) in [7, 11) is 0. The first-order valence-corrected chi connectivity index (χ1v) is 5.15. The quantitative estimate of drug-likeness (QED) is 0.445. The van der Waals surface area contributed by atoms with Crippen LogP contribution in [0.5, 0.6) is 0 Å². The third-order valence-electron chi connectivity index (χ3n) is 1.92. The Morgan fingerprint density at radius 1 is 1.56 bits per heavy atom. The Kier molecular flexibility index (Phi) is 5.29. The van der Waals surface area contributed by atoms with Crippen molar-refractivity contribution in [1.82, 2.24) is 0 Å². The van der Waals surface area contributed by atoms with Gasteiger partial charge in [-0.2, -0.15) is 0 Å². The van der Waals surface area contributed by atoms with Crippen LogP contribution in [-0.2, 0) is 14.3 Å². The lowest BCUT2D eigenvalue weighted by molar-refractivity contribution is -0.138. The molecule has 0 amide bonds. The van der Waals surface area contributed by atoms with Gasteiger partial charge in [0.05, 0.1) is 6.61 Å². The molecule has 1 aliphatic heterocycles. The summed E-state index contributed by atoms with van der Waals surface area (Å²) in [6.07, 6.45) is 1.29. The van der Waals surface area contributed by atoms with E-state index in [2.05, 4.69) is 30.4 Å². The molecule has 0 aliphatic carbocycles. The molecule has 1 aliphatic rings. The van der Waals surface area contributed by atoms with Crippen LogP contribution in [0.3, 0.4) is 0 Å². The number of esters is 1. The van der Waals surface area contributed by atoms with Crippen LogP contribution in [0.4, 0.5) is 0 Å².